The van der Waals surface area contributed by atoms with Gasteiger partial charge in [0.25, 0.3) is 0 Å². The summed E-state index contributed by atoms with van der Waals surface area (Å²) in [5.41, 5.74) is -0.0674. The lowest BCUT2D eigenvalue weighted by Crippen LogP contribution is -2.05. The molecular weight excluding hydrogens is 250 g/mol. The molecule has 1 aromatic rings. The summed E-state index contributed by atoms with van der Waals surface area (Å²) < 4.78 is 23.3. The molecule has 0 bridgehead atoms. The first kappa shape index (κ1) is 13.6. The number of carboxylic acids is 1. The van der Waals surface area contributed by atoms with Crippen LogP contribution in [0.3, 0.4) is 0 Å². The van der Waals surface area contributed by atoms with Crippen molar-refractivity contribution < 1.29 is 28.6 Å². The first-order valence-corrected chi connectivity index (χ1v) is 6.32. The van der Waals surface area contributed by atoms with Crippen molar-refractivity contribution in [3.63, 3.8) is 0 Å². The molecule has 17 heavy (non-hydrogen) atoms. The van der Waals surface area contributed by atoms with Gasteiger partial charge in [-0.25, -0.2) is 9.18 Å². The fourth-order valence-electron chi connectivity index (χ4n) is 1.16. The Hall–Kier alpha value is -1.49. The van der Waals surface area contributed by atoms with E-state index in [1.54, 1.807) is 0 Å². The van der Waals surface area contributed by atoms with Gasteiger partial charge >= 0.3 is 13.6 Å². The summed E-state index contributed by atoms with van der Waals surface area (Å²) in [4.78, 5) is 28.2. The number of halogens is 1. The maximum atomic E-state index is 12.6. The van der Waals surface area contributed by atoms with Crippen LogP contribution in [0.2, 0.25) is 0 Å². The second kappa shape index (κ2) is 5.23. The van der Waals surface area contributed by atoms with Gasteiger partial charge in [-0.1, -0.05) is 12.1 Å². The molecule has 0 spiro atoms. The number of benzene rings is 1. The minimum absolute atomic E-state index is 0.359. The predicted molar refractivity (Wildman–Crippen MR) is 58.9 cm³/mol. The van der Waals surface area contributed by atoms with Gasteiger partial charge in [-0.15, -0.1) is 0 Å². The van der Waals surface area contributed by atoms with Gasteiger partial charge in [-0.05, 0) is 23.8 Å². The molecule has 0 amide bonds. The molecule has 0 saturated heterocycles. The van der Waals surface area contributed by atoms with E-state index in [9.17, 15) is 13.8 Å². The standard InChI is InChI=1S/C10H10FO5P/c11-9-3-1-7(2-4-9)5-8(10(12)13)6-17(14,15)16/h1-5H,6H2,(H,12,13)(H2,14,15,16)/b8-5+. The van der Waals surface area contributed by atoms with Crippen LogP contribution in [0.15, 0.2) is 29.8 Å². The first-order chi connectivity index (χ1) is 7.78. The highest BCUT2D eigenvalue weighted by molar-refractivity contribution is 7.52. The molecule has 92 valence electrons. The number of hydrogen-bond donors (Lipinski definition) is 3. The fourth-order valence-corrected chi connectivity index (χ4v) is 1.83. The number of aliphatic carboxylic acids is 1. The summed E-state index contributed by atoms with van der Waals surface area (Å²) in [5.74, 6) is -1.90. The van der Waals surface area contributed by atoms with Crippen molar-refractivity contribution in [2.75, 3.05) is 6.16 Å². The SMILES string of the molecule is O=C(O)/C(=C/c1ccc(F)cc1)CP(=O)(O)O. The van der Waals surface area contributed by atoms with Crippen LogP contribution in [0.5, 0.6) is 0 Å². The van der Waals surface area contributed by atoms with Crippen molar-refractivity contribution in [1.29, 1.82) is 0 Å². The lowest BCUT2D eigenvalue weighted by molar-refractivity contribution is -0.132. The maximum Gasteiger partial charge on any atom is 0.332 e. The van der Waals surface area contributed by atoms with Gasteiger partial charge in [0, 0.05) is 5.57 Å². The Kier molecular flexibility index (Phi) is 4.17. The fraction of sp³-hybridized carbons (Fsp3) is 0.100. The Morgan fingerprint density at radius 2 is 1.82 bits per heavy atom. The lowest BCUT2D eigenvalue weighted by Gasteiger charge is -2.04. The zero-order valence-corrected chi connectivity index (χ0v) is 9.47. The minimum Gasteiger partial charge on any atom is -0.478 e. The summed E-state index contributed by atoms with van der Waals surface area (Å²) in [6.07, 6.45) is 0.237. The van der Waals surface area contributed by atoms with Crippen LogP contribution in [0.25, 0.3) is 6.08 Å². The van der Waals surface area contributed by atoms with E-state index in [2.05, 4.69) is 0 Å². The molecule has 0 aliphatic heterocycles. The molecule has 0 unspecified atom stereocenters. The molecule has 1 aromatic carbocycles. The molecule has 0 aliphatic rings. The van der Waals surface area contributed by atoms with Crippen molar-refractivity contribution in [1.82, 2.24) is 0 Å². The lowest BCUT2D eigenvalue weighted by atomic mass is 10.1. The van der Waals surface area contributed by atoms with Gasteiger partial charge in [0.15, 0.2) is 0 Å². The summed E-state index contributed by atoms with van der Waals surface area (Å²) in [5, 5.41) is 8.77. The van der Waals surface area contributed by atoms with Crippen LogP contribution < -0.4 is 0 Å². The Bertz CT molecular complexity index is 488. The van der Waals surface area contributed by atoms with E-state index in [0.717, 1.165) is 18.2 Å². The van der Waals surface area contributed by atoms with Gasteiger partial charge in [0.05, 0.1) is 6.16 Å². The quantitative estimate of drug-likeness (QED) is 0.563. The van der Waals surface area contributed by atoms with Crippen molar-refractivity contribution in [2.24, 2.45) is 0 Å². The van der Waals surface area contributed by atoms with Gasteiger partial charge < -0.3 is 14.9 Å². The molecule has 0 fully saturated rings. The third kappa shape index (κ3) is 4.91. The largest absolute Gasteiger partial charge is 0.478 e. The van der Waals surface area contributed by atoms with E-state index >= 15 is 0 Å². The molecule has 0 atom stereocenters. The zero-order valence-electron chi connectivity index (χ0n) is 8.58. The second-order valence-corrected chi connectivity index (χ2v) is 4.99. The number of carboxylic acid groups (broad SMARTS) is 1. The van der Waals surface area contributed by atoms with E-state index in [1.807, 2.05) is 0 Å². The van der Waals surface area contributed by atoms with Crippen LogP contribution in [0.1, 0.15) is 5.56 Å². The first-order valence-electron chi connectivity index (χ1n) is 4.52. The average Bonchev–Trinajstić information content (AvgIpc) is 2.18. The third-order valence-electron chi connectivity index (χ3n) is 1.86. The van der Waals surface area contributed by atoms with E-state index in [1.165, 1.54) is 12.1 Å². The summed E-state index contributed by atoms with van der Waals surface area (Å²) in [6.45, 7) is 0. The van der Waals surface area contributed by atoms with E-state index in [0.29, 0.717) is 5.56 Å². The monoisotopic (exact) mass is 260 g/mol. The van der Waals surface area contributed by atoms with Crippen molar-refractivity contribution in [3.8, 4) is 0 Å². The third-order valence-corrected chi connectivity index (χ3v) is 2.61. The molecule has 0 aromatic heterocycles. The highest BCUT2D eigenvalue weighted by Gasteiger charge is 2.20. The number of rotatable bonds is 4. The van der Waals surface area contributed by atoms with E-state index in [4.69, 9.17) is 14.9 Å². The maximum absolute atomic E-state index is 12.6. The highest BCUT2D eigenvalue weighted by atomic mass is 31.2. The van der Waals surface area contributed by atoms with Crippen LogP contribution in [-0.2, 0) is 9.36 Å². The van der Waals surface area contributed by atoms with Gasteiger partial charge in [0.1, 0.15) is 5.82 Å². The van der Waals surface area contributed by atoms with Crippen LogP contribution in [0.4, 0.5) is 4.39 Å². The van der Waals surface area contributed by atoms with Gasteiger partial charge in [-0.3, -0.25) is 4.57 Å². The summed E-state index contributed by atoms with van der Waals surface area (Å²) in [6, 6.07) is 4.89. The minimum atomic E-state index is -4.45. The molecule has 7 heteroatoms. The van der Waals surface area contributed by atoms with Crippen LogP contribution in [0, 0.1) is 5.82 Å². The van der Waals surface area contributed by atoms with Crippen LogP contribution >= 0.6 is 7.60 Å². The average molecular weight is 260 g/mol. The Labute approximate surface area is 96.4 Å². The summed E-state index contributed by atoms with van der Waals surface area (Å²) >= 11 is 0. The molecule has 0 aliphatic carbocycles. The molecule has 0 saturated carbocycles. The van der Waals surface area contributed by atoms with Gasteiger partial charge in [0.2, 0.25) is 0 Å². The van der Waals surface area contributed by atoms with Gasteiger partial charge in [-0.2, -0.15) is 0 Å². The summed E-state index contributed by atoms with van der Waals surface area (Å²) in [7, 11) is -4.45. The Balaban J connectivity index is 3.02. The Morgan fingerprint density at radius 1 is 1.29 bits per heavy atom. The molecule has 0 heterocycles. The van der Waals surface area contributed by atoms with Crippen molar-refractivity contribution >= 4 is 19.6 Å². The molecule has 0 radical (unpaired) electrons. The second-order valence-electron chi connectivity index (χ2n) is 3.35. The normalized spacial score (nSPS) is 12.5. The van der Waals surface area contributed by atoms with E-state index < -0.39 is 31.1 Å². The molecule has 1 rings (SSSR count). The smallest absolute Gasteiger partial charge is 0.332 e. The number of hydrogen-bond acceptors (Lipinski definition) is 2. The Morgan fingerprint density at radius 3 is 2.24 bits per heavy atom. The predicted octanol–water partition coefficient (Wildman–Crippen LogP) is 1.47. The van der Waals surface area contributed by atoms with Crippen LogP contribution in [-0.4, -0.2) is 27.0 Å². The zero-order chi connectivity index (χ0) is 13.1. The van der Waals surface area contributed by atoms with Crippen molar-refractivity contribution in [3.05, 3.63) is 41.2 Å². The molecular formula is C10H10FO5P. The van der Waals surface area contributed by atoms with Crippen molar-refractivity contribution in [2.45, 2.75) is 0 Å². The highest BCUT2D eigenvalue weighted by Crippen LogP contribution is 2.37. The molecule has 3 N–H and O–H groups in total. The number of carbonyl (C=O) groups is 1. The van der Waals surface area contributed by atoms with E-state index in [-0.39, 0.29) is 0 Å². The topological polar surface area (TPSA) is 94.8 Å². The molecule has 5 nitrogen and oxygen atoms in total.